The number of benzene rings is 2. The minimum absolute atomic E-state index is 0.666. The lowest BCUT2D eigenvalue weighted by molar-refractivity contribution is 0.122. The first kappa shape index (κ1) is 22.2. The molecule has 4 heterocycles. The van der Waals surface area contributed by atoms with E-state index in [2.05, 4.69) is 48.7 Å². The van der Waals surface area contributed by atoms with E-state index in [0.717, 1.165) is 69.7 Å². The summed E-state index contributed by atoms with van der Waals surface area (Å²) in [4.78, 5) is 15.1. The molecule has 0 atom stereocenters. The Hall–Kier alpha value is -4.31. The van der Waals surface area contributed by atoms with Gasteiger partial charge in [-0.2, -0.15) is 10.1 Å². The highest BCUT2D eigenvalue weighted by atomic mass is 16.5. The number of aromatic nitrogens is 7. The summed E-state index contributed by atoms with van der Waals surface area (Å²) in [6.07, 6.45) is 0. The van der Waals surface area contributed by atoms with Gasteiger partial charge in [0.05, 0.1) is 30.1 Å². The number of morpholine rings is 1. The molecule has 1 aliphatic heterocycles. The summed E-state index contributed by atoms with van der Waals surface area (Å²) in [5.41, 5.74) is 5.85. The molecule has 1 fully saturated rings. The van der Waals surface area contributed by atoms with Gasteiger partial charge in [-0.3, -0.25) is 4.68 Å². The molecular formula is C26H27N9O. The molecule has 2 aromatic carbocycles. The number of nitrogens with zero attached hydrogens (tertiary/aromatic N) is 7. The quantitative estimate of drug-likeness (QED) is 0.388. The maximum atomic E-state index is 5.54. The van der Waals surface area contributed by atoms with E-state index < -0.39 is 0 Å². The van der Waals surface area contributed by atoms with Crippen molar-refractivity contribution in [1.82, 2.24) is 34.9 Å². The lowest BCUT2D eigenvalue weighted by Gasteiger charge is -2.27. The van der Waals surface area contributed by atoms with Crippen molar-refractivity contribution < 1.29 is 4.74 Å². The average Bonchev–Trinajstić information content (AvgIpc) is 3.47. The molecule has 0 aliphatic carbocycles. The maximum Gasteiger partial charge on any atom is 0.228 e. The van der Waals surface area contributed by atoms with E-state index in [0.29, 0.717) is 19.2 Å². The van der Waals surface area contributed by atoms with Gasteiger partial charge in [0.2, 0.25) is 5.95 Å². The number of ether oxygens (including phenoxy) is 1. The summed E-state index contributed by atoms with van der Waals surface area (Å²) < 4.78 is 7.45. The highest BCUT2D eigenvalue weighted by Crippen LogP contribution is 2.29. The molecule has 0 spiro atoms. The normalized spacial score (nSPS) is 13.9. The fourth-order valence-corrected chi connectivity index (χ4v) is 4.48. The van der Waals surface area contributed by atoms with Crippen LogP contribution in [0.25, 0.3) is 33.5 Å². The Morgan fingerprint density at radius 2 is 1.69 bits per heavy atom. The summed E-state index contributed by atoms with van der Waals surface area (Å²) >= 11 is 0. The summed E-state index contributed by atoms with van der Waals surface area (Å²) in [7, 11) is 1.97. The van der Waals surface area contributed by atoms with Crippen molar-refractivity contribution in [3.05, 3.63) is 60.0 Å². The van der Waals surface area contributed by atoms with Crippen molar-refractivity contribution in [2.75, 3.05) is 36.5 Å². The summed E-state index contributed by atoms with van der Waals surface area (Å²) in [6, 6.07) is 16.4. The van der Waals surface area contributed by atoms with E-state index in [1.807, 2.05) is 55.9 Å². The van der Waals surface area contributed by atoms with E-state index in [1.165, 1.54) is 0 Å². The predicted molar refractivity (Wildman–Crippen MR) is 139 cm³/mol. The van der Waals surface area contributed by atoms with Crippen molar-refractivity contribution in [2.24, 2.45) is 7.05 Å². The van der Waals surface area contributed by atoms with Crippen LogP contribution in [0.3, 0.4) is 0 Å². The SMILES string of the molecule is Cc1nnc(-c2ccc(Nc3cc(-c4ccc5c(C)nn(C)c5c4)nc(N4CCOCC4)n3)cc2)[nH]1. The van der Waals surface area contributed by atoms with Gasteiger partial charge >= 0.3 is 0 Å². The molecule has 3 aromatic heterocycles. The molecule has 36 heavy (non-hydrogen) atoms. The van der Waals surface area contributed by atoms with Crippen LogP contribution >= 0.6 is 0 Å². The number of aryl methyl sites for hydroxylation is 3. The Morgan fingerprint density at radius 1 is 0.917 bits per heavy atom. The first-order chi connectivity index (χ1) is 17.5. The van der Waals surface area contributed by atoms with Crippen molar-refractivity contribution in [2.45, 2.75) is 13.8 Å². The second kappa shape index (κ2) is 9.04. The van der Waals surface area contributed by atoms with Gasteiger partial charge in [-0.05, 0) is 44.2 Å². The molecule has 10 heteroatoms. The molecule has 2 N–H and O–H groups in total. The summed E-state index contributed by atoms with van der Waals surface area (Å²) in [5, 5.41) is 17.4. The van der Waals surface area contributed by atoms with E-state index in [-0.39, 0.29) is 0 Å². The summed E-state index contributed by atoms with van der Waals surface area (Å²) in [6.45, 7) is 6.76. The van der Waals surface area contributed by atoms with E-state index in [9.17, 15) is 0 Å². The van der Waals surface area contributed by atoms with Crippen LogP contribution in [-0.2, 0) is 11.8 Å². The Morgan fingerprint density at radius 3 is 2.44 bits per heavy atom. The zero-order valence-electron chi connectivity index (χ0n) is 20.5. The van der Waals surface area contributed by atoms with Crippen LogP contribution < -0.4 is 10.2 Å². The molecule has 0 bridgehead atoms. The average molecular weight is 482 g/mol. The molecule has 5 aromatic rings. The second-order valence-corrected chi connectivity index (χ2v) is 8.94. The number of nitrogens with one attached hydrogen (secondary N) is 2. The standard InChI is InChI=1S/C26H27N9O/c1-16-21-9-6-19(14-23(21)34(3)33-16)22-15-24(30-26(29-22)35-10-12-36-13-11-35)28-20-7-4-18(5-8-20)25-27-17(2)31-32-25/h4-9,14-15H,10-13H2,1-3H3,(H,27,31,32)(H,28,29,30). The highest BCUT2D eigenvalue weighted by Gasteiger charge is 2.17. The molecule has 0 radical (unpaired) electrons. The number of H-pyrrole nitrogens is 1. The Labute approximate surface area is 208 Å². The van der Waals surface area contributed by atoms with Crippen LogP contribution in [0.1, 0.15) is 11.5 Å². The van der Waals surface area contributed by atoms with E-state index >= 15 is 0 Å². The zero-order valence-corrected chi connectivity index (χ0v) is 20.5. The number of rotatable bonds is 5. The molecule has 0 amide bonds. The van der Waals surface area contributed by atoms with Crippen LogP contribution in [0, 0.1) is 13.8 Å². The third-order valence-corrected chi connectivity index (χ3v) is 6.37. The minimum Gasteiger partial charge on any atom is -0.378 e. The Balaban J connectivity index is 1.36. The molecular weight excluding hydrogens is 454 g/mol. The number of fused-ring (bicyclic) bond motifs is 1. The Bertz CT molecular complexity index is 1530. The van der Waals surface area contributed by atoms with Gasteiger partial charge in [0.25, 0.3) is 0 Å². The van der Waals surface area contributed by atoms with E-state index in [4.69, 9.17) is 14.7 Å². The predicted octanol–water partition coefficient (Wildman–Crippen LogP) is 4.01. The fraction of sp³-hybridized carbons (Fsp3) is 0.269. The molecule has 0 saturated carbocycles. The number of aromatic amines is 1. The van der Waals surface area contributed by atoms with Crippen LogP contribution in [0.2, 0.25) is 0 Å². The van der Waals surface area contributed by atoms with Crippen molar-refractivity contribution >= 4 is 28.4 Å². The van der Waals surface area contributed by atoms with Gasteiger partial charge in [-0.15, -0.1) is 10.2 Å². The summed E-state index contributed by atoms with van der Waals surface area (Å²) in [5.74, 6) is 2.95. The third-order valence-electron chi connectivity index (χ3n) is 6.37. The van der Waals surface area contributed by atoms with Crippen LogP contribution in [0.15, 0.2) is 48.5 Å². The van der Waals surface area contributed by atoms with Gasteiger partial charge in [0, 0.05) is 48.4 Å². The molecule has 6 rings (SSSR count). The third kappa shape index (κ3) is 4.27. The van der Waals surface area contributed by atoms with Crippen molar-refractivity contribution in [3.63, 3.8) is 0 Å². The van der Waals surface area contributed by atoms with Gasteiger partial charge < -0.3 is 19.9 Å². The molecule has 1 aliphatic rings. The molecule has 10 nitrogen and oxygen atoms in total. The van der Waals surface area contributed by atoms with Crippen LogP contribution in [0.4, 0.5) is 17.5 Å². The smallest absolute Gasteiger partial charge is 0.228 e. The highest BCUT2D eigenvalue weighted by molar-refractivity contribution is 5.86. The molecule has 0 unspecified atom stereocenters. The fourth-order valence-electron chi connectivity index (χ4n) is 4.48. The van der Waals surface area contributed by atoms with Gasteiger partial charge in [-0.1, -0.05) is 12.1 Å². The van der Waals surface area contributed by atoms with Crippen LogP contribution in [-0.4, -0.2) is 61.2 Å². The van der Waals surface area contributed by atoms with Gasteiger partial charge in [0.15, 0.2) is 5.82 Å². The van der Waals surface area contributed by atoms with Crippen LogP contribution in [0.5, 0.6) is 0 Å². The van der Waals surface area contributed by atoms with Gasteiger partial charge in [0.1, 0.15) is 11.6 Å². The monoisotopic (exact) mass is 481 g/mol. The Kier molecular flexibility index (Phi) is 5.57. The molecule has 1 saturated heterocycles. The van der Waals surface area contributed by atoms with Gasteiger partial charge in [-0.25, -0.2) is 4.98 Å². The molecule has 182 valence electrons. The number of hydrogen-bond acceptors (Lipinski definition) is 8. The van der Waals surface area contributed by atoms with Crippen molar-refractivity contribution in [1.29, 1.82) is 0 Å². The topological polar surface area (TPSA) is 110 Å². The first-order valence-corrected chi connectivity index (χ1v) is 12.0. The minimum atomic E-state index is 0.666. The second-order valence-electron chi connectivity index (χ2n) is 8.94. The maximum absolute atomic E-state index is 5.54. The lowest BCUT2D eigenvalue weighted by atomic mass is 10.1. The largest absolute Gasteiger partial charge is 0.378 e. The lowest BCUT2D eigenvalue weighted by Crippen LogP contribution is -2.37. The van der Waals surface area contributed by atoms with E-state index in [1.54, 1.807) is 0 Å². The first-order valence-electron chi connectivity index (χ1n) is 12.0. The van der Waals surface area contributed by atoms with Crippen molar-refractivity contribution in [3.8, 4) is 22.6 Å². The zero-order chi connectivity index (χ0) is 24.6. The number of hydrogen-bond donors (Lipinski definition) is 2. The number of anilines is 3.